The molecule has 0 saturated carbocycles. The van der Waals surface area contributed by atoms with Crippen molar-refractivity contribution in [2.24, 2.45) is 7.05 Å². The summed E-state index contributed by atoms with van der Waals surface area (Å²) in [5.41, 5.74) is 1.91. The first-order chi connectivity index (χ1) is 17.5. The number of nitrogens with one attached hydrogen (secondary N) is 2. The molecule has 11 heteroatoms. The fraction of sp³-hybridized carbons (Fsp3) is 0.360. The third-order valence-electron chi connectivity index (χ3n) is 6.26. The summed E-state index contributed by atoms with van der Waals surface area (Å²) in [5, 5.41) is 3.11. The van der Waals surface area contributed by atoms with Crippen LogP contribution in [0.25, 0.3) is 21.9 Å². The van der Waals surface area contributed by atoms with E-state index in [2.05, 4.69) is 25.2 Å². The predicted octanol–water partition coefficient (Wildman–Crippen LogP) is 2.17. The minimum Gasteiger partial charge on any atom is -0.491 e. The number of benzene rings is 2. The zero-order valence-electron chi connectivity index (χ0n) is 20.2. The van der Waals surface area contributed by atoms with Gasteiger partial charge in [0.2, 0.25) is 5.95 Å². The molecule has 0 unspecified atom stereocenters. The van der Waals surface area contributed by atoms with Gasteiger partial charge in [0, 0.05) is 32.2 Å². The Kier molecular flexibility index (Phi) is 6.83. The van der Waals surface area contributed by atoms with Crippen LogP contribution in [0.5, 0.6) is 11.5 Å². The molecule has 2 aromatic heterocycles. The van der Waals surface area contributed by atoms with Crippen LogP contribution in [0.4, 0.5) is 5.95 Å². The van der Waals surface area contributed by atoms with Gasteiger partial charge >= 0.3 is 0 Å². The summed E-state index contributed by atoms with van der Waals surface area (Å²) >= 11 is 0. The average Bonchev–Trinajstić information content (AvgIpc) is 3.38. The number of carbonyl (C=O) groups excluding carboxylic acids is 1. The molecule has 2 N–H and O–H groups in total. The number of aromatic amines is 1. The predicted molar refractivity (Wildman–Crippen MR) is 135 cm³/mol. The first-order valence-corrected chi connectivity index (χ1v) is 11.8. The lowest BCUT2D eigenvalue weighted by atomic mass is 10.2. The summed E-state index contributed by atoms with van der Waals surface area (Å²) in [6.45, 7) is 4.78. The van der Waals surface area contributed by atoms with Crippen molar-refractivity contribution in [2.45, 2.75) is 6.42 Å². The quantitative estimate of drug-likeness (QED) is 0.359. The van der Waals surface area contributed by atoms with Crippen LogP contribution in [0.2, 0.25) is 0 Å². The number of ether oxygens (including phenoxy) is 3. The zero-order valence-corrected chi connectivity index (χ0v) is 20.2. The molecule has 0 bridgehead atoms. The van der Waals surface area contributed by atoms with E-state index in [-0.39, 0.29) is 11.5 Å². The number of imidazole rings is 1. The van der Waals surface area contributed by atoms with E-state index in [4.69, 9.17) is 14.2 Å². The van der Waals surface area contributed by atoms with Crippen LogP contribution in [-0.4, -0.2) is 76.9 Å². The maximum atomic E-state index is 13.1. The topological polar surface area (TPSA) is 124 Å². The van der Waals surface area contributed by atoms with Crippen LogP contribution in [0.1, 0.15) is 16.8 Å². The SMILES string of the molecule is COc1c(OCCCN2CCOCC2)ccc2c(=O)n(C)c(NC(=O)c3ccc4nc[nH]c4c3)nc12. The van der Waals surface area contributed by atoms with Gasteiger partial charge in [0.05, 0.1) is 49.7 Å². The number of H-pyrrole nitrogens is 1. The molecule has 1 amide bonds. The molecule has 188 valence electrons. The van der Waals surface area contributed by atoms with Gasteiger partial charge in [-0.2, -0.15) is 0 Å². The van der Waals surface area contributed by atoms with Crippen molar-refractivity contribution in [3.63, 3.8) is 0 Å². The molecule has 1 aliphatic heterocycles. The number of nitrogens with zero attached hydrogens (tertiary/aromatic N) is 4. The Morgan fingerprint density at radius 3 is 2.86 bits per heavy atom. The average molecular weight is 493 g/mol. The first kappa shape index (κ1) is 23.8. The monoisotopic (exact) mass is 492 g/mol. The second kappa shape index (κ2) is 10.3. The Labute approximate surface area is 207 Å². The molecular weight excluding hydrogens is 464 g/mol. The van der Waals surface area contributed by atoms with Crippen LogP contribution in [0.15, 0.2) is 41.5 Å². The lowest BCUT2D eigenvalue weighted by Crippen LogP contribution is -2.37. The van der Waals surface area contributed by atoms with Gasteiger partial charge in [0.25, 0.3) is 11.5 Å². The van der Waals surface area contributed by atoms with Crippen LogP contribution in [0, 0.1) is 0 Å². The molecule has 4 aromatic rings. The van der Waals surface area contributed by atoms with Crippen LogP contribution in [-0.2, 0) is 11.8 Å². The van der Waals surface area contributed by atoms with E-state index in [1.807, 2.05) is 0 Å². The highest BCUT2D eigenvalue weighted by atomic mass is 16.5. The van der Waals surface area contributed by atoms with Crippen molar-refractivity contribution >= 4 is 33.8 Å². The summed E-state index contributed by atoms with van der Waals surface area (Å²) in [6, 6.07) is 8.50. The number of rotatable bonds is 8. The molecule has 2 aromatic carbocycles. The Balaban J connectivity index is 1.37. The highest BCUT2D eigenvalue weighted by Gasteiger charge is 2.19. The Hall–Kier alpha value is -3.96. The molecule has 0 aliphatic carbocycles. The maximum absolute atomic E-state index is 13.1. The third-order valence-corrected chi connectivity index (χ3v) is 6.26. The van der Waals surface area contributed by atoms with Crippen LogP contribution in [0.3, 0.4) is 0 Å². The van der Waals surface area contributed by atoms with Gasteiger partial charge in [-0.25, -0.2) is 9.97 Å². The number of aromatic nitrogens is 4. The van der Waals surface area contributed by atoms with E-state index in [1.54, 1.807) is 43.7 Å². The zero-order chi connectivity index (χ0) is 25.1. The van der Waals surface area contributed by atoms with Crippen molar-refractivity contribution in [1.82, 2.24) is 24.4 Å². The summed E-state index contributed by atoms with van der Waals surface area (Å²) in [4.78, 5) is 40.1. The van der Waals surface area contributed by atoms with Crippen molar-refractivity contribution in [1.29, 1.82) is 0 Å². The smallest absolute Gasteiger partial charge is 0.262 e. The fourth-order valence-electron chi connectivity index (χ4n) is 4.26. The Bertz CT molecular complexity index is 1460. The van der Waals surface area contributed by atoms with Gasteiger partial charge < -0.3 is 19.2 Å². The summed E-state index contributed by atoms with van der Waals surface area (Å²) in [6.07, 6.45) is 2.41. The van der Waals surface area contributed by atoms with Crippen LogP contribution < -0.4 is 20.3 Å². The van der Waals surface area contributed by atoms with E-state index >= 15 is 0 Å². The maximum Gasteiger partial charge on any atom is 0.262 e. The second-order valence-corrected chi connectivity index (χ2v) is 8.54. The second-order valence-electron chi connectivity index (χ2n) is 8.54. The van der Waals surface area contributed by atoms with Crippen LogP contribution >= 0.6 is 0 Å². The number of hydrogen-bond donors (Lipinski definition) is 2. The molecule has 11 nitrogen and oxygen atoms in total. The highest BCUT2D eigenvalue weighted by molar-refractivity contribution is 6.05. The normalized spacial score (nSPS) is 14.3. The van der Waals surface area contributed by atoms with E-state index in [0.717, 1.165) is 50.3 Å². The van der Waals surface area contributed by atoms with Gasteiger partial charge in [-0.15, -0.1) is 0 Å². The number of morpholine rings is 1. The number of anilines is 1. The molecule has 0 atom stereocenters. The molecule has 36 heavy (non-hydrogen) atoms. The van der Waals surface area contributed by atoms with Gasteiger partial charge in [-0.1, -0.05) is 0 Å². The fourth-order valence-corrected chi connectivity index (χ4v) is 4.26. The molecule has 0 spiro atoms. The molecule has 3 heterocycles. The summed E-state index contributed by atoms with van der Waals surface area (Å²) < 4.78 is 18.3. The van der Waals surface area contributed by atoms with E-state index < -0.39 is 5.91 Å². The minimum absolute atomic E-state index is 0.102. The third kappa shape index (κ3) is 4.75. The lowest BCUT2D eigenvalue weighted by molar-refractivity contribution is 0.0357. The van der Waals surface area contributed by atoms with E-state index in [1.165, 1.54) is 11.7 Å². The van der Waals surface area contributed by atoms with E-state index in [0.29, 0.717) is 34.6 Å². The number of amides is 1. The minimum atomic E-state index is -0.400. The standard InChI is InChI=1S/C25H28N6O5/c1-30-24(33)17-5-7-20(36-11-3-8-31-9-12-35-13-10-31)22(34-2)21(17)28-25(30)29-23(32)16-4-6-18-19(14-16)27-15-26-18/h4-7,14-15H,3,8-13H2,1-2H3,(H,26,27)(H,28,29,32). The molecule has 5 rings (SSSR count). The van der Waals surface area contributed by atoms with Crippen molar-refractivity contribution in [3.8, 4) is 11.5 Å². The Morgan fingerprint density at radius 1 is 1.22 bits per heavy atom. The van der Waals surface area contributed by atoms with Crippen molar-refractivity contribution < 1.29 is 19.0 Å². The number of hydrogen-bond acceptors (Lipinski definition) is 8. The number of carbonyl (C=O) groups is 1. The molecule has 0 radical (unpaired) electrons. The van der Waals surface area contributed by atoms with E-state index in [9.17, 15) is 9.59 Å². The number of methoxy groups -OCH3 is 1. The van der Waals surface area contributed by atoms with Gasteiger partial charge in [0.1, 0.15) is 5.52 Å². The van der Waals surface area contributed by atoms with Crippen molar-refractivity contribution in [3.05, 3.63) is 52.6 Å². The van der Waals surface area contributed by atoms with Gasteiger partial charge in [0.15, 0.2) is 11.5 Å². The molecule has 1 aliphatic rings. The summed E-state index contributed by atoms with van der Waals surface area (Å²) in [5.74, 6) is 0.550. The highest BCUT2D eigenvalue weighted by Crippen LogP contribution is 2.34. The molecule has 1 saturated heterocycles. The largest absolute Gasteiger partial charge is 0.491 e. The molecule has 1 fully saturated rings. The molecular formula is C25H28N6O5. The number of fused-ring (bicyclic) bond motifs is 2. The lowest BCUT2D eigenvalue weighted by Gasteiger charge is -2.26. The van der Waals surface area contributed by atoms with Gasteiger partial charge in [-0.3, -0.25) is 24.4 Å². The van der Waals surface area contributed by atoms with Gasteiger partial charge in [-0.05, 0) is 36.8 Å². The first-order valence-electron chi connectivity index (χ1n) is 11.8. The Morgan fingerprint density at radius 2 is 2.06 bits per heavy atom. The van der Waals surface area contributed by atoms with Crippen molar-refractivity contribution in [2.75, 3.05) is 51.9 Å². The summed E-state index contributed by atoms with van der Waals surface area (Å²) in [7, 11) is 3.07.